The van der Waals surface area contributed by atoms with Crippen LogP contribution in [0.2, 0.25) is 0 Å². The number of hydrogen-bond acceptors (Lipinski definition) is 7. The first-order chi connectivity index (χ1) is 9.28. The predicted octanol–water partition coefficient (Wildman–Crippen LogP) is 0.864. The van der Waals surface area contributed by atoms with Gasteiger partial charge in [0.15, 0.2) is 6.29 Å². The van der Waals surface area contributed by atoms with Gasteiger partial charge in [0.25, 0.3) is 0 Å². The highest BCUT2D eigenvalue weighted by Gasteiger charge is 2.23. The summed E-state index contributed by atoms with van der Waals surface area (Å²) < 4.78 is 21.2. The Hall–Kier alpha value is -1.89. The molecule has 1 aromatic heterocycles. The number of carbonyl (C=O) groups is 1. The molecule has 2 rings (SSSR count). The van der Waals surface area contributed by atoms with Gasteiger partial charge >= 0.3 is 6.01 Å². The van der Waals surface area contributed by atoms with Gasteiger partial charge in [-0.2, -0.15) is 9.97 Å². The molecule has 1 aliphatic heterocycles. The number of carbonyl (C=O) groups excluding carboxylic acids is 1. The summed E-state index contributed by atoms with van der Waals surface area (Å²) in [6.07, 6.45) is 1.25. The molecule has 19 heavy (non-hydrogen) atoms. The largest absolute Gasteiger partial charge is 0.480 e. The maximum absolute atomic E-state index is 11.1. The summed E-state index contributed by atoms with van der Waals surface area (Å²) in [5.41, 5.74) is 0.179. The number of methoxy groups -OCH3 is 1. The maximum Gasteiger partial charge on any atom is 0.323 e. The van der Waals surface area contributed by atoms with Gasteiger partial charge in [-0.25, -0.2) is 0 Å². The fourth-order valence-corrected chi connectivity index (χ4v) is 1.71. The second-order valence-electron chi connectivity index (χ2n) is 3.89. The molecule has 0 N–H and O–H groups in total. The molecular formula is C12H16N2O5. The van der Waals surface area contributed by atoms with E-state index in [4.69, 9.17) is 18.9 Å². The Morgan fingerprint density at radius 2 is 2.21 bits per heavy atom. The fraction of sp³-hybridized carbons (Fsp3) is 0.583. The lowest BCUT2D eigenvalue weighted by Crippen LogP contribution is -2.18. The van der Waals surface area contributed by atoms with E-state index < -0.39 is 0 Å². The van der Waals surface area contributed by atoms with Crippen molar-refractivity contribution in [2.24, 2.45) is 0 Å². The summed E-state index contributed by atoms with van der Waals surface area (Å²) in [6, 6.07) is 0.124. The Morgan fingerprint density at radius 3 is 2.79 bits per heavy atom. The van der Waals surface area contributed by atoms with Crippen LogP contribution in [-0.2, 0) is 4.74 Å². The molecule has 7 heteroatoms. The Kier molecular flexibility index (Phi) is 4.51. The zero-order valence-electron chi connectivity index (χ0n) is 10.9. The summed E-state index contributed by atoms with van der Waals surface area (Å²) in [5.74, 6) is 0.308. The number of nitrogens with zero attached hydrogens (tertiary/aromatic N) is 2. The minimum Gasteiger partial charge on any atom is -0.480 e. The average molecular weight is 268 g/mol. The summed E-state index contributed by atoms with van der Waals surface area (Å²) >= 11 is 0. The molecule has 0 aromatic carbocycles. The third kappa shape index (κ3) is 3.11. The van der Waals surface area contributed by atoms with Crippen LogP contribution < -0.4 is 14.2 Å². The molecule has 104 valence electrons. The molecule has 0 aliphatic carbocycles. The van der Waals surface area contributed by atoms with Gasteiger partial charge in [0.2, 0.25) is 11.8 Å². The molecule has 0 spiro atoms. The number of ether oxygens (including phenoxy) is 4. The van der Waals surface area contributed by atoms with Crippen molar-refractivity contribution in [3.8, 4) is 17.8 Å². The third-order valence-electron chi connectivity index (χ3n) is 2.61. The van der Waals surface area contributed by atoms with Gasteiger partial charge in [-0.1, -0.05) is 0 Å². The van der Waals surface area contributed by atoms with E-state index in [1.165, 1.54) is 7.11 Å². The van der Waals surface area contributed by atoms with Crippen LogP contribution in [0.15, 0.2) is 0 Å². The number of aromatic nitrogens is 2. The van der Waals surface area contributed by atoms with Crippen LogP contribution in [0.3, 0.4) is 0 Å². The summed E-state index contributed by atoms with van der Waals surface area (Å²) in [6.45, 7) is 3.35. The zero-order chi connectivity index (χ0) is 13.7. The molecule has 0 radical (unpaired) electrons. The monoisotopic (exact) mass is 268 g/mol. The highest BCUT2D eigenvalue weighted by molar-refractivity contribution is 5.81. The molecule has 7 nitrogen and oxygen atoms in total. The topological polar surface area (TPSA) is 79.8 Å². The molecule has 1 aliphatic rings. The van der Waals surface area contributed by atoms with Gasteiger partial charge in [0.1, 0.15) is 11.7 Å². The van der Waals surface area contributed by atoms with E-state index in [0.29, 0.717) is 26.1 Å². The molecule has 1 aromatic rings. The molecule has 0 bridgehead atoms. The number of hydrogen-bond donors (Lipinski definition) is 0. The van der Waals surface area contributed by atoms with Crippen molar-refractivity contribution in [3.63, 3.8) is 0 Å². The quantitative estimate of drug-likeness (QED) is 0.708. The average Bonchev–Trinajstić information content (AvgIpc) is 2.91. The minimum atomic E-state index is -0.118. The lowest BCUT2D eigenvalue weighted by molar-refractivity contribution is 0.110. The molecular weight excluding hydrogens is 252 g/mol. The van der Waals surface area contributed by atoms with Gasteiger partial charge in [-0.05, 0) is 6.92 Å². The van der Waals surface area contributed by atoms with Crippen molar-refractivity contribution < 1.29 is 23.7 Å². The van der Waals surface area contributed by atoms with E-state index in [-0.39, 0.29) is 29.4 Å². The number of rotatable bonds is 6. The molecule has 0 unspecified atom stereocenters. The minimum absolute atomic E-state index is 0.118. The van der Waals surface area contributed by atoms with Crippen molar-refractivity contribution in [1.29, 1.82) is 0 Å². The van der Waals surface area contributed by atoms with Gasteiger partial charge in [-0.15, -0.1) is 0 Å². The molecule has 1 saturated heterocycles. The second kappa shape index (κ2) is 6.33. The standard InChI is InChI=1S/C12H16N2O5/c1-3-18-12-13-10(16-2)9(6-15)11(14-12)19-8-4-5-17-7-8/h6,8H,3-5,7H2,1-2H3/t8-/m1/s1. The van der Waals surface area contributed by atoms with Gasteiger partial charge in [0.05, 0.1) is 26.9 Å². The van der Waals surface area contributed by atoms with E-state index in [1.54, 1.807) is 0 Å². The van der Waals surface area contributed by atoms with Gasteiger partial charge in [0, 0.05) is 6.42 Å². The zero-order valence-corrected chi connectivity index (χ0v) is 10.9. The summed E-state index contributed by atoms with van der Waals surface area (Å²) in [7, 11) is 1.42. The van der Waals surface area contributed by atoms with Crippen molar-refractivity contribution in [1.82, 2.24) is 9.97 Å². The normalized spacial score (nSPS) is 18.1. The van der Waals surface area contributed by atoms with Crippen LogP contribution in [0.1, 0.15) is 23.7 Å². The van der Waals surface area contributed by atoms with E-state index in [1.807, 2.05) is 6.92 Å². The second-order valence-corrected chi connectivity index (χ2v) is 3.89. The Bertz CT molecular complexity index is 446. The van der Waals surface area contributed by atoms with E-state index >= 15 is 0 Å². The first-order valence-electron chi connectivity index (χ1n) is 6.06. The van der Waals surface area contributed by atoms with Crippen molar-refractivity contribution >= 4 is 6.29 Å². The van der Waals surface area contributed by atoms with Crippen molar-refractivity contribution in [3.05, 3.63) is 5.56 Å². The summed E-state index contributed by atoms with van der Waals surface area (Å²) in [5, 5.41) is 0. The van der Waals surface area contributed by atoms with Crippen LogP contribution in [0.4, 0.5) is 0 Å². The SMILES string of the molecule is CCOc1nc(OC)c(C=O)c(O[C@@H]2CCOC2)n1. The van der Waals surface area contributed by atoms with Crippen LogP contribution in [-0.4, -0.2) is 49.3 Å². The van der Waals surface area contributed by atoms with Crippen LogP contribution in [0.5, 0.6) is 17.8 Å². The van der Waals surface area contributed by atoms with Crippen LogP contribution in [0, 0.1) is 0 Å². The van der Waals surface area contributed by atoms with Gasteiger partial charge in [-0.3, -0.25) is 4.79 Å². The molecule has 0 saturated carbocycles. The Labute approximate surface area is 110 Å². The first kappa shape index (κ1) is 13.5. The van der Waals surface area contributed by atoms with Crippen molar-refractivity contribution in [2.45, 2.75) is 19.4 Å². The molecule has 1 fully saturated rings. The maximum atomic E-state index is 11.1. The lowest BCUT2D eigenvalue weighted by Gasteiger charge is -2.14. The molecule has 2 heterocycles. The van der Waals surface area contributed by atoms with E-state index in [9.17, 15) is 4.79 Å². The van der Waals surface area contributed by atoms with E-state index in [0.717, 1.165) is 6.42 Å². The molecule has 1 atom stereocenters. The Morgan fingerprint density at radius 1 is 1.42 bits per heavy atom. The van der Waals surface area contributed by atoms with Crippen LogP contribution >= 0.6 is 0 Å². The number of aldehydes is 1. The smallest absolute Gasteiger partial charge is 0.323 e. The fourth-order valence-electron chi connectivity index (χ4n) is 1.71. The van der Waals surface area contributed by atoms with E-state index in [2.05, 4.69) is 9.97 Å². The lowest BCUT2D eigenvalue weighted by atomic mass is 10.3. The highest BCUT2D eigenvalue weighted by atomic mass is 16.6. The molecule has 0 amide bonds. The third-order valence-corrected chi connectivity index (χ3v) is 2.61. The van der Waals surface area contributed by atoms with Gasteiger partial charge < -0.3 is 18.9 Å². The summed E-state index contributed by atoms with van der Waals surface area (Å²) in [4.78, 5) is 19.2. The Balaban J connectivity index is 2.30. The van der Waals surface area contributed by atoms with Crippen LogP contribution in [0.25, 0.3) is 0 Å². The first-order valence-corrected chi connectivity index (χ1v) is 6.06. The highest BCUT2D eigenvalue weighted by Crippen LogP contribution is 2.27. The predicted molar refractivity (Wildman–Crippen MR) is 65.0 cm³/mol. The van der Waals surface area contributed by atoms with Crippen molar-refractivity contribution in [2.75, 3.05) is 26.9 Å².